The topological polar surface area (TPSA) is 136 Å². The van der Waals surface area contributed by atoms with E-state index < -0.39 is 11.2 Å². The van der Waals surface area contributed by atoms with Crippen LogP contribution < -0.4 is 28.0 Å². The Kier molecular flexibility index (Phi) is 3.82. The molecule has 8 heteroatoms. The predicted octanol–water partition coefficient (Wildman–Crippen LogP) is -0.888. The molecule has 8 nitrogen and oxygen atoms in total. The van der Waals surface area contributed by atoms with Crippen molar-refractivity contribution in [1.82, 2.24) is 9.55 Å². The zero-order valence-corrected chi connectivity index (χ0v) is 11.3. The lowest BCUT2D eigenvalue weighted by Gasteiger charge is -2.28. The van der Waals surface area contributed by atoms with Crippen LogP contribution in [0.5, 0.6) is 0 Å². The SMILES string of the molecule is Cn1c(N)c(NC2CCC(C(N)=O)CC2)c(=O)[nH]c1=O. The smallest absolute Gasteiger partial charge is 0.329 e. The fourth-order valence-electron chi connectivity index (χ4n) is 2.50. The van der Waals surface area contributed by atoms with Gasteiger partial charge in [0.25, 0.3) is 5.56 Å². The van der Waals surface area contributed by atoms with Crippen LogP contribution in [0.3, 0.4) is 0 Å². The highest BCUT2D eigenvalue weighted by Crippen LogP contribution is 2.26. The van der Waals surface area contributed by atoms with E-state index in [2.05, 4.69) is 10.3 Å². The molecule has 1 aliphatic carbocycles. The number of amides is 1. The number of hydrogen-bond donors (Lipinski definition) is 4. The molecule has 1 heterocycles. The van der Waals surface area contributed by atoms with Crippen LogP contribution in [0.25, 0.3) is 0 Å². The van der Waals surface area contributed by atoms with E-state index in [0.717, 1.165) is 12.8 Å². The number of nitrogen functional groups attached to an aromatic ring is 1. The van der Waals surface area contributed by atoms with Gasteiger partial charge in [0.15, 0.2) is 0 Å². The summed E-state index contributed by atoms with van der Waals surface area (Å²) < 4.78 is 1.18. The summed E-state index contributed by atoms with van der Waals surface area (Å²) >= 11 is 0. The van der Waals surface area contributed by atoms with E-state index in [4.69, 9.17) is 11.5 Å². The van der Waals surface area contributed by atoms with Gasteiger partial charge >= 0.3 is 5.69 Å². The zero-order valence-electron chi connectivity index (χ0n) is 11.3. The molecular weight excluding hydrogens is 262 g/mol. The van der Waals surface area contributed by atoms with Crippen LogP contribution in [0.4, 0.5) is 11.5 Å². The van der Waals surface area contributed by atoms with Gasteiger partial charge in [-0.1, -0.05) is 0 Å². The number of nitrogens with two attached hydrogens (primary N) is 2. The summed E-state index contributed by atoms with van der Waals surface area (Å²) in [6.45, 7) is 0. The maximum Gasteiger partial charge on any atom is 0.329 e. The molecule has 0 bridgehead atoms. The second kappa shape index (κ2) is 5.40. The number of anilines is 2. The number of carbonyl (C=O) groups is 1. The first-order valence-corrected chi connectivity index (χ1v) is 6.54. The first kappa shape index (κ1) is 14.2. The van der Waals surface area contributed by atoms with Crippen LogP contribution in [0.2, 0.25) is 0 Å². The molecule has 0 saturated heterocycles. The summed E-state index contributed by atoms with van der Waals surface area (Å²) in [7, 11) is 1.49. The number of hydrogen-bond acceptors (Lipinski definition) is 5. The zero-order chi connectivity index (χ0) is 14.9. The Bertz CT molecular complexity index is 625. The van der Waals surface area contributed by atoms with Crippen LogP contribution in [0.1, 0.15) is 25.7 Å². The average Bonchev–Trinajstić information content (AvgIpc) is 2.42. The Hall–Kier alpha value is -2.25. The number of aromatic amines is 1. The highest BCUT2D eigenvalue weighted by atomic mass is 16.2. The molecule has 1 amide bonds. The Morgan fingerprint density at radius 3 is 2.45 bits per heavy atom. The van der Waals surface area contributed by atoms with E-state index in [0.29, 0.717) is 12.8 Å². The van der Waals surface area contributed by atoms with Crippen molar-refractivity contribution in [1.29, 1.82) is 0 Å². The molecule has 0 atom stereocenters. The van der Waals surface area contributed by atoms with Crippen LogP contribution in [0.15, 0.2) is 9.59 Å². The fraction of sp³-hybridized carbons (Fsp3) is 0.583. The van der Waals surface area contributed by atoms with Crippen molar-refractivity contribution in [3.63, 3.8) is 0 Å². The monoisotopic (exact) mass is 281 g/mol. The Morgan fingerprint density at radius 2 is 1.90 bits per heavy atom. The summed E-state index contributed by atoms with van der Waals surface area (Å²) in [5.74, 6) is -0.262. The van der Waals surface area contributed by atoms with Crippen LogP contribution in [-0.4, -0.2) is 21.5 Å². The number of H-pyrrole nitrogens is 1. The lowest BCUT2D eigenvalue weighted by molar-refractivity contribution is -0.122. The van der Waals surface area contributed by atoms with Crippen molar-refractivity contribution >= 4 is 17.4 Å². The molecule has 1 saturated carbocycles. The second-order valence-corrected chi connectivity index (χ2v) is 5.17. The molecule has 1 aromatic heterocycles. The number of primary amides is 1. The van der Waals surface area contributed by atoms with Crippen LogP contribution in [0, 0.1) is 5.92 Å². The second-order valence-electron chi connectivity index (χ2n) is 5.17. The van der Waals surface area contributed by atoms with Gasteiger partial charge in [-0.25, -0.2) is 4.79 Å². The molecular formula is C12H19N5O3. The minimum Gasteiger partial charge on any atom is -0.383 e. The van der Waals surface area contributed by atoms with Gasteiger partial charge in [0.1, 0.15) is 11.5 Å². The van der Waals surface area contributed by atoms with E-state index in [1.807, 2.05) is 0 Å². The van der Waals surface area contributed by atoms with E-state index >= 15 is 0 Å². The lowest BCUT2D eigenvalue weighted by atomic mass is 9.85. The molecule has 1 aliphatic rings. The first-order valence-electron chi connectivity index (χ1n) is 6.54. The first-order chi connectivity index (χ1) is 9.40. The third-order valence-corrected chi connectivity index (χ3v) is 3.85. The minimum absolute atomic E-state index is 0.0477. The molecule has 0 radical (unpaired) electrons. The van der Waals surface area contributed by atoms with Crippen molar-refractivity contribution in [2.45, 2.75) is 31.7 Å². The third-order valence-electron chi connectivity index (χ3n) is 3.85. The van der Waals surface area contributed by atoms with Gasteiger partial charge in [-0.2, -0.15) is 0 Å². The van der Waals surface area contributed by atoms with E-state index in [1.54, 1.807) is 0 Å². The van der Waals surface area contributed by atoms with Crippen molar-refractivity contribution in [3.8, 4) is 0 Å². The summed E-state index contributed by atoms with van der Waals surface area (Å²) in [6.07, 6.45) is 2.85. The molecule has 110 valence electrons. The fourth-order valence-corrected chi connectivity index (χ4v) is 2.50. The number of rotatable bonds is 3. The summed E-state index contributed by atoms with van der Waals surface area (Å²) in [6, 6.07) is 0.0477. The number of aromatic nitrogens is 2. The lowest BCUT2D eigenvalue weighted by Crippen LogP contribution is -2.37. The van der Waals surface area contributed by atoms with Gasteiger partial charge in [0.2, 0.25) is 5.91 Å². The molecule has 0 aliphatic heterocycles. The van der Waals surface area contributed by atoms with Crippen LogP contribution in [-0.2, 0) is 11.8 Å². The molecule has 1 fully saturated rings. The Labute approximate surface area is 115 Å². The van der Waals surface area contributed by atoms with Crippen molar-refractivity contribution in [2.24, 2.45) is 18.7 Å². The summed E-state index contributed by atoms with van der Waals surface area (Å²) in [4.78, 5) is 36.4. The van der Waals surface area contributed by atoms with Gasteiger partial charge < -0.3 is 16.8 Å². The van der Waals surface area contributed by atoms with Gasteiger partial charge in [-0.3, -0.25) is 19.1 Å². The number of nitrogens with one attached hydrogen (secondary N) is 2. The average molecular weight is 281 g/mol. The molecule has 0 unspecified atom stereocenters. The normalized spacial score (nSPS) is 22.4. The highest BCUT2D eigenvalue weighted by Gasteiger charge is 2.25. The van der Waals surface area contributed by atoms with Crippen molar-refractivity contribution in [3.05, 3.63) is 20.8 Å². The van der Waals surface area contributed by atoms with Gasteiger partial charge in [-0.05, 0) is 25.7 Å². The molecule has 0 spiro atoms. The van der Waals surface area contributed by atoms with Gasteiger partial charge in [0.05, 0.1) is 0 Å². The maximum atomic E-state index is 11.8. The number of carbonyl (C=O) groups excluding carboxylic acids is 1. The molecule has 0 aromatic carbocycles. The van der Waals surface area contributed by atoms with Gasteiger partial charge in [-0.15, -0.1) is 0 Å². The predicted molar refractivity (Wildman–Crippen MR) is 75.3 cm³/mol. The van der Waals surface area contributed by atoms with Crippen molar-refractivity contribution < 1.29 is 4.79 Å². The molecule has 1 aromatic rings. The molecule has 2 rings (SSSR count). The molecule has 20 heavy (non-hydrogen) atoms. The third kappa shape index (κ3) is 2.68. The van der Waals surface area contributed by atoms with E-state index in [-0.39, 0.29) is 29.4 Å². The maximum absolute atomic E-state index is 11.8. The summed E-state index contributed by atoms with van der Waals surface area (Å²) in [5, 5.41) is 3.06. The van der Waals surface area contributed by atoms with E-state index in [9.17, 15) is 14.4 Å². The quantitative estimate of drug-likeness (QED) is 0.570. The van der Waals surface area contributed by atoms with Gasteiger partial charge in [0, 0.05) is 19.0 Å². The Balaban J connectivity index is 2.13. The van der Waals surface area contributed by atoms with Crippen molar-refractivity contribution in [2.75, 3.05) is 11.1 Å². The number of nitrogens with zero attached hydrogens (tertiary/aromatic N) is 1. The largest absolute Gasteiger partial charge is 0.383 e. The Morgan fingerprint density at radius 1 is 1.30 bits per heavy atom. The highest BCUT2D eigenvalue weighted by molar-refractivity contribution is 5.76. The van der Waals surface area contributed by atoms with E-state index in [1.165, 1.54) is 11.6 Å². The van der Waals surface area contributed by atoms with Crippen LogP contribution >= 0.6 is 0 Å². The minimum atomic E-state index is -0.546. The standard InChI is InChI=1S/C12H19N5O3/c1-17-9(13)8(11(19)16-12(17)20)15-7-4-2-6(3-5-7)10(14)18/h6-7,15H,2-5,13H2,1H3,(H2,14,18)(H,16,19,20). The molecule has 6 N–H and O–H groups in total. The summed E-state index contributed by atoms with van der Waals surface area (Å²) in [5.41, 5.74) is 10.2.